The summed E-state index contributed by atoms with van der Waals surface area (Å²) in [6, 6.07) is 0. The molecule has 1 aliphatic rings. The highest BCUT2D eigenvalue weighted by molar-refractivity contribution is 7.91. The van der Waals surface area contributed by atoms with Gasteiger partial charge in [-0.15, -0.1) is 0 Å². The van der Waals surface area contributed by atoms with Gasteiger partial charge in [-0.1, -0.05) is 0 Å². The second-order valence-corrected chi connectivity index (χ2v) is 4.85. The molecule has 0 saturated carbocycles. The first-order valence-corrected chi connectivity index (χ1v) is 5.39. The maximum atomic E-state index is 10.9. The highest BCUT2D eigenvalue weighted by Gasteiger charge is 2.27. The molecule has 1 rings (SSSR count). The molecule has 0 radical (unpaired) electrons. The zero-order chi connectivity index (χ0) is 8.32. The maximum absolute atomic E-state index is 10.9. The van der Waals surface area contributed by atoms with Crippen LogP contribution in [0.4, 0.5) is 0 Å². The molecular formula is C6H12O4S. The largest absolute Gasteiger partial charge is 0.394 e. The Morgan fingerprint density at radius 2 is 2.27 bits per heavy atom. The monoisotopic (exact) mass is 180 g/mol. The van der Waals surface area contributed by atoms with Crippen molar-refractivity contribution in [3.8, 4) is 0 Å². The van der Waals surface area contributed by atoms with Gasteiger partial charge in [0.2, 0.25) is 0 Å². The van der Waals surface area contributed by atoms with Gasteiger partial charge < -0.3 is 9.84 Å². The van der Waals surface area contributed by atoms with E-state index in [1.807, 2.05) is 0 Å². The van der Waals surface area contributed by atoms with Crippen molar-refractivity contribution in [3.63, 3.8) is 0 Å². The van der Waals surface area contributed by atoms with Crippen molar-refractivity contribution in [2.75, 3.05) is 24.7 Å². The van der Waals surface area contributed by atoms with E-state index in [1.54, 1.807) is 0 Å². The smallest absolute Gasteiger partial charge is 0.152 e. The minimum Gasteiger partial charge on any atom is -0.394 e. The predicted molar refractivity (Wildman–Crippen MR) is 40.1 cm³/mol. The molecule has 0 spiro atoms. The number of sulfone groups is 1. The van der Waals surface area contributed by atoms with E-state index in [1.165, 1.54) is 0 Å². The zero-order valence-electron chi connectivity index (χ0n) is 6.19. The van der Waals surface area contributed by atoms with Gasteiger partial charge in [0.25, 0.3) is 0 Å². The highest BCUT2D eigenvalue weighted by Crippen LogP contribution is 2.14. The standard InChI is InChI=1S/C6H12O4S/c7-2-3-10-6-1-4-11(8,9)5-6/h6-7H,1-5H2. The molecule has 1 aliphatic heterocycles. The van der Waals surface area contributed by atoms with Crippen LogP contribution in [0.25, 0.3) is 0 Å². The van der Waals surface area contributed by atoms with Crippen molar-refractivity contribution in [2.24, 2.45) is 0 Å². The van der Waals surface area contributed by atoms with E-state index in [0.717, 1.165) is 0 Å². The fraction of sp³-hybridized carbons (Fsp3) is 1.00. The molecule has 1 unspecified atom stereocenters. The van der Waals surface area contributed by atoms with Gasteiger partial charge in [-0.2, -0.15) is 0 Å². The Kier molecular flexibility index (Phi) is 2.86. The number of aliphatic hydroxyl groups excluding tert-OH is 1. The SMILES string of the molecule is O=S1(=O)CCC(OCCO)C1. The van der Waals surface area contributed by atoms with Crippen molar-refractivity contribution in [3.05, 3.63) is 0 Å². The summed E-state index contributed by atoms with van der Waals surface area (Å²) in [5, 5.41) is 8.38. The summed E-state index contributed by atoms with van der Waals surface area (Å²) in [7, 11) is -2.83. The average Bonchev–Trinajstić information content (AvgIpc) is 2.26. The van der Waals surface area contributed by atoms with E-state index in [9.17, 15) is 8.42 Å². The lowest BCUT2D eigenvalue weighted by atomic mass is 10.3. The number of hydrogen-bond donors (Lipinski definition) is 1. The maximum Gasteiger partial charge on any atom is 0.152 e. The van der Waals surface area contributed by atoms with Crippen molar-refractivity contribution >= 4 is 9.84 Å². The van der Waals surface area contributed by atoms with Gasteiger partial charge in [0, 0.05) is 0 Å². The van der Waals surface area contributed by atoms with Gasteiger partial charge in [0.1, 0.15) is 0 Å². The molecule has 0 bridgehead atoms. The second-order valence-electron chi connectivity index (χ2n) is 2.62. The fourth-order valence-corrected chi connectivity index (χ4v) is 2.73. The lowest BCUT2D eigenvalue weighted by Gasteiger charge is -2.06. The molecular weight excluding hydrogens is 168 g/mol. The van der Waals surface area contributed by atoms with Crippen molar-refractivity contribution in [1.82, 2.24) is 0 Å². The predicted octanol–water partition coefficient (Wildman–Crippen LogP) is -0.818. The molecule has 0 aromatic carbocycles. The Labute approximate surface area is 66.1 Å². The molecule has 66 valence electrons. The van der Waals surface area contributed by atoms with Gasteiger partial charge >= 0.3 is 0 Å². The van der Waals surface area contributed by atoms with E-state index < -0.39 is 9.84 Å². The Hall–Kier alpha value is -0.130. The van der Waals surface area contributed by atoms with Crippen LogP contribution in [-0.4, -0.2) is 44.3 Å². The molecule has 1 heterocycles. The van der Waals surface area contributed by atoms with E-state index in [-0.39, 0.29) is 30.8 Å². The first-order chi connectivity index (χ1) is 5.14. The van der Waals surface area contributed by atoms with Crippen LogP contribution < -0.4 is 0 Å². The molecule has 11 heavy (non-hydrogen) atoms. The van der Waals surface area contributed by atoms with E-state index in [0.29, 0.717) is 6.42 Å². The topological polar surface area (TPSA) is 63.6 Å². The summed E-state index contributed by atoms with van der Waals surface area (Å²) in [6.07, 6.45) is 0.384. The molecule has 0 amide bonds. The molecule has 0 aliphatic carbocycles. The Morgan fingerprint density at radius 1 is 1.55 bits per heavy atom. The minimum atomic E-state index is -2.83. The first-order valence-electron chi connectivity index (χ1n) is 3.57. The highest BCUT2D eigenvalue weighted by atomic mass is 32.2. The van der Waals surface area contributed by atoms with Crippen LogP contribution in [0.5, 0.6) is 0 Å². The van der Waals surface area contributed by atoms with Crippen LogP contribution in [-0.2, 0) is 14.6 Å². The van der Waals surface area contributed by atoms with Crippen molar-refractivity contribution in [2.45, 2.75) is 12.5 Å². The summed E-state index contributed by atoms with van der Waals surface area (Å²) in [6.45, 7) is 0.191. The Bertz CT molecular complexity index is 209. The molecule has 0 aromatic heterocycles. The van der Waals surface area contributed by atoms with E-state index in [4.69, 9.17) is 9.84 Å². The molecule has 4 nitrogen and oxygen atoms in total. The van der Waals surface area contributed by atoms with Crippen molar-refractivity contribution < 1.29 is 18.3 Å². The molecule has 0 aromatic rings. The van der Waals surface area contributed by atoms with Crippen molar-refractivity contribution in [1.29, 1.82) is 0 Å². The van der Waals surface area contributed by atoms with Crippen LogP contribution >= 0.6 is 0 Å². The lowest BCUT2D eigenvalue weighted by molar-refractivity contribution is 0.0433. The fourth-order valence-electron chi connectivity index (χ4n) is 1.11. The molecule has 1 fully saturated rings. The third kappa shape index (κ3) is 2.76. The van der Waals surface area contributed by atoms with E-state index >= 15 is 0 Å². The summed E-state index contributed by atoms with van der Waals surface area (Å²) in [5.41, 5.74) is 0. The quantitative estimate of drug-likeness (QED) is 0.616. The van der Waals surface area contributed by atoms with Crippen LogP contribution in [0.3, 0.4) is 0 Å². The zero-order valence-corrected chi connectivity index (χ0v) is 7.01. The van der Waals surface area contributed by atoms with Crippen LogP contribution in [0.15, 0.2) is 0 Å². The van der Waals surface area contributed by atoms with Crippen LogP contribution in [0.1, 0.15) is 6.42 Å². The normalized spacial score (nSPS) is 29.0. The third-order valence-corrected chi connectivity index (χ3v) is 3.37. The Balaban J connectivity index is 2.31. The van der Waals surface area contributed by atoms with E-state index in [2.05, 4.69) is 0 Å². The average molecular weight is 180 g/mol. The second kappa shape index (κ2) is 3.51. The summed E-state index contributed by atoms with van der Waals surface area (Å²) < 4.78 is 26.8. The number of hydrogen-bond acceptors (Lipinski definition) is 4. The van der Waals surface area contributed by atoms with Gasteiger partial charge in [-0.3, -0.25) is 0 Å². The van der Waals surface area contributed by atoms with Crippen LogP contribution in [0, 0.1) is 0 Å². The number of ether oxygens (including phenoxy) is 1. The lowest BCUT2D eigenvalue weighted by Crippen LogP contribution is -2.16. The molecule has 1 N–H and O–H groups in total. The van der Waals surface area contributed by atoms with Gasteiger partial charge in [0.15, 0.2) is 9.84 Å². The Morgan fingerprint density at radius 3 is 2.73 bits per heavy atom. The van der Waals surface area contributed by atoms with Crippen LogP contribution in [0.2, 0.25) is 0 Å². The first kappa shape index (κ1) is 8.96. The summed E-state index contributed by atoms with van der Waals surface area (Å²) in [4.78, 5) is 0. The molecule has 1 atom stereocenters. The minimum absolute atomic E-state index is 0.0451. The summed E-state index contributed by atoms with van der Waals surface area (Å²) in [5.74, 6) is 0.343. The summed E-state index contributed by atoms with van der Waals surface area (Å²) >= 11 is 0. The third-order valence-electron chi connectivity index (χ3n) is 1.64. The van der Waals surface area contributed by atoms with Gasteiger partial charge in [0.05, 0.1) is 30.8 Å². The number of rotatable bonds is 3. The van der Waals surface area contributed by atoms with Gasteiger partial charge in [-0.25, -0.2) is 8.42 Å². The van der Waals surface area contributed by atoms with Gasteiger partial charge in [-0.05, 0) is 6.42 Å². The molecule has 1 saturated heterocycles. The number of aliphatic hydroxyl groups is 1. The molecule has 5 heteroatoms.